The van der Waals surface area contributed by atoms with Gasteiger partial charge in [-0.3, -0.25) is 0 Å². The Morgan fingerprint density at radius 2 is 2.08 bits per heavy atom. The first-order valence-corrected chi connectivity index (χ1v) is 2.77. The minimum atomic E-state index is -5.06. The van der Waals surface area contributed by atoms with Crippen molar-refractivity contribution in [2.45, 2.75) is 13.1 Å². The van der Waals surface area contributed by atoms with E-state index in [1.807, 2.05) is 0 Å². The summed E-state index contributed by atoms with van der Waals surface area (Å²) >= 11 is 0. The molecule has 0 unspecified atom stereocenters. The second kappa shape index (κ2) is 3.76. The normalized spacial score (nSPS) is 12.1. The average Bonchev–Trinajstić information content (AvgIpc) is 1.97. The van der Waals surface area contributed by atoms with Crippen molar-refractivity contribution in [3.63, 3.8) is 0 Å². The Labute approximate surface area is 66.0 Å². The molecular formula is C6H4F3NO2. The van der Waals surface area contributed by atoms with E-state index in [0.717, 1.165) is 6.08 Å². The number of alkyl halides is 3. The van der Waals surface area contributed by atoms with Gasteiger partial charge in [0.25, 0.3) is 0 Å². The van der Waals surface area contributed by atoms with Crippen molar-refractivity contribution < 1.29 is 22.7 Å². The predicted molar refractivity (Wildman–Crippen MR) is 31.5 cm³/mol. The molecule has 6 heteroatoms. The van der Waals surface area contributed by atoms with Gasteiger partial charge in [-0.2, -0.15) is 18.4 Å². The molecule has 0 aliphatic carbocycles. The van der Waals surface area contributed by atoms with E-state index < -0.39 is 17.9 Å². The lowest BCUT2D eigenvalue weighted by Crippen LogP contribution is -2.24. The van der Waals surface area contributed by atoms with Crippen LogP contribution in [0.5, 0.6) is 0 Å². The maximum atomic E-state index is 11.5. The number of carbonyl (C=O) groups excluding carboxylic acids is 1. The highest BCUT2D eigenvalue weighted by Crippen LogP contribution is 2.17. The van der Waals surface area contributed by atoms with Gasteiger partial charge in [0.05, 0.1) is 0 Å². The molecule has 0 atom stereocenters. The Balaban J connectivity index is 4.32. The number of nitrogens with zero attached hydrogens (tertiary/aromatic N) is 1. The van der Waals surface area contributed by atoms with E-state index in [1.54, 1.807) is 0 Å². The molecule has 0 saturated heterocycles. The van der Waals surface area contributed by atoms with Crippen molar-refractivity contribution in [2.24, 2.45) is 0 Å². The fourth-order valence-corrected chi connectivity index (χ4v) is 0.304. The number of carbonyl (C=O) groups is 1. The van der Waals surface area contributed by atoms with Gasteiger partial charge in [0.1, 0.15) is 6.07 Å². The molecule has 0 saturated carbocycles. The van der Waals surface area contributed by atoms with Crippen molar-refractivity contribution in [1.82, 2.24) is 0 Å². The molecule has 0 spiro atoms. The van der Waals surface area contributed by atoms with Crippen LogP contribution >= 0.6 is 0 Å². The van der Waals surface area contributed by atoms with Crippen LogP contribution < -0.4 is 0 Å². The number of hydrogen-bond acceptors (Lipinski definition) is 3. The molecule has 0 fully saturated rings. The lowest BCUT2D eigenvalue weighted by Gasteiger charge is -2.03. The van der Waals surface area contributed by atoms with Gasteiger partial charge in [-0.25, -0.2) is 4.79 Å². The van der Waals surface area contributed by atoms with Crippen LogP contribution in [0.2, 0.25) is 0 Å². The molecule has 0 aliphatic rings. The summed E-state index contributed by atoms with van der Waals surface area (Å²) in [7, 11) is 0. The molecule has 3 nitrogen and oxygen atoms in total. The molecule has 0 amide bonds. The van der Waals surface area contributed by atoms with E-state index in [1.165, 1.54) is 13.0 Å². The van der Waals surface area contributed by atoms with E-state index in [2.05, 4.69) is 4.74 Å². The van der Waals surface area contributed by atoms with E-state index in [-0.39, 0.29) is 0 Å². The summed E-state index contributed by atoms with van der Waals surface area (Å²) in [6.45, 7) is 1.28. The highest BCUT2D eigenvalue weighted by atomic mass is 19.4. The zero-order valence-corrected chi connectivity index (χ0v) is 5.97. The number of rotatable bonds is 1. The molecule has 0 N–H and O–H groups in total. The third-order valence-corrected chi connectivity index (χ3v) is 0.806. The summed E-state index contributed by atoms with van der Waals surface area (Å²) in [5.74, 6) is -3.06. The highest BCUT2D eigenvalue weighted by Gasteiger charge is 2.41. The third kappa shape index (κ3) is 3.05. The van der Waals surface area contributed by atoms with Gasteiger partial charge in [-0.05, 0) is 13.0 Å². The molecule has 0 heterocycles. The Bertz CT molecular complexity index is 248. The average molecular weight is 179 g/mol. The summed E-state index contributed by atoms with van der Waals surface area (Å²) in [4.78, 5) is 10.1. The number of nitriles is 1. The maximum absolute atomic E-state index is 11.5. The van der Waals surface area contributed by atoms with Crippen LogP contribution in [0.4, 0.5) is 13.2 Å². The lowest BCUT2D eigenvalue weighted by molar-refractivity contribution is -0.194. The Kier molecular flexibility index (Phi) is 3.29. The minimum Gasteiger partial charge on any atom is -0.409 e. The quantitative estimate of drug-likeness (QED) is 0.348. The smallest absolute Gasteiger partial charge is 0.409 e. The zero-order valence-electron chi connectivity index (χ0n) is 5.97. The second-order valence-electron chi connectivity index (χ2n) is 1.65. The van der Waals surface area contributed by atoms with Gasteiger partial charge in [0.15, 0.2) is 0 Å². The number of allylic oxidation sites excluding steroid dienone is 2. The summed E-state index contributed by atoms with van der Waals surface area (Å²) in [6, 6.07) is 1.27. The van der Waals surface area contributed by atoms with E-state index >= 15 is 0 Å². The van der Waals surface area contributed by atoms with E-state index in [0.29, 0.717) is 0 Å². The van der Waals surface area contributed by atoms with E-state index in [9.17, 15) is 18.0 Å². The Hall–Kier alpha value is -1.51. The second-order valence-corrected chi connectivity index (χ2v) is 1.65. The predicted octanol–water partition coefficient (Wildman–Crippen LogP) is 1.52. The SMILES string of the molecule is C/C=C(/C#N)OC(=O)C(F)(F)F. The molecule has 12 heavy (non-hydrogen) atoms. The summed E-state index contributed by atoms with van der Waals surface area (Å²) < 4.78 is 38.1. The van der Waals surface area contributed by atoms with Crippen molar-refractivity contribution in [3.8, 4) is 6.07 Å². The standard InChI is InChI=1S/C6H4F3NO2/c1-2-4(3-10)12-5(11)6(7,8)9/h2H,1H3/b4-2-. The summed E-state index contributed by atoms with van der Waals surface area (Å²) in [5.41, 5.74) is 0. The van der Waals surface area contributed by atoms with Gasteiger partial charge >= 0.3 is 12.1 Å². The van der Waals surface area contributed by atoms with Crippen molar-refractivity contribution in [1.29, 1.82) is 5.26 Å². The molecule has 0 aromatic heterocycles. The molecule has 66 valence electrons. The highest BCUT2D eigenvalue weighted by molar-refractivity contribution is 5.77. The Morgan fingerprint density at radius 3 is 2.33 bits per heavy atom. The van der Waals surface area contributed by atoms with Gasteiger partial charge in [-0.1, -0.05) is 0 Å². The molecule has 0 aliphatic heterocycles. The van der Waals surface area contributed by atoms with Crippen LogP contribution in [0, 0.1) is 11.3 Å². The van der Waals surface area contributed by atoms with Crippen molar-refractivity contribution in [2.75, 3.05) is 0 Å². The first kappa shape index (κ1) is 10.5. The topological polar surface area (TPSA) is 50.1 Å². The fraction of sp³-hybridized carbons (Fsp3) is 0.333. The van der Waals surface area contributed by atoms with E-state index in [4.69, 9.17) is 5.26 Å². The molecule has 0 rings (SSSR count). The van der Waals surface area contributed by atoms with Crippen molar-refractivity contribution >= 4 is 5.97 Å². The van der Waals surface area contributed by atoms with Gasteiger partial charge in [0.2, 0.25) is 5.76 Å². The maximum Gasteiger partial charge on any atom is 0.491 e. The number of halogens is 3. The first-order valence-electron chi connectivity index (χ1n) is 2.77. The van der Waals surface area contributed by atoms with Crippen LogP contribution in [-0.4, -0.2) is 12.1 Å². The van der Waals surface area contributed by atoms with Crippen LogP contribution in [0.3, 0.4) is 0 Å². The van der Waals surface area contributed by atoms with Crippen LogP contribution in [-0.2, 0) is 9.53 Å². The molecule has 0 aromatic carbocycles. The van der Waals surface area contributed by atoms with Crippen LogP contribution in [0.25, 0.3) is 0 Å². The zero-order chi connectivity index (χ0) is 9.78. The number of ether oxygens (including phenoxy) is 1. The first-order chi connectivity index (χ1) is 5.41. The largest absolute Gasteiger partial charge is 0.491 e. The molecule has 0 bridgehead atoms. The fourth-order valence-electron chi connectivity index (χ4n) is 0.304. The number of esters is 1. The number of hydrogen-bond donors (Lipinski definition) is 0. The van der Waals surface area contributed by atoms with Crippen LogP contribution in [0.1, 0.15) is 6.92 Å². The Morgan fingerprint density at radius 1 is 1.58 bits per heavy atom. The molecule has 0 aromatic rings. The molecule has 0 radical (unpaired) electrons. The van der Waals surface area contributed by atoms with Crippen molar-refractivity contribution in [3.05, 3.63) is 11.8 Å². The van der Waals surface area contributed by atoms with Gasteiger partial charge in [0, 0.05) is 0 Å². The summed E-state index contributed by atoms with van der Waals surface area (Å²) in [6.07, 6.45) is -4.10. The molecular weight excluding hydrogens is 175 g/mol. The summed E-state index contributed by atoms with van der Waals surface area (Å²) in [5, 5.41) is 8.08. The third-order valence-electron chi connectivity index (χ3n) is 0.806. The van der Waals surface area contributed by atoms with Gasteiger partial charge in [-0.15, -0.1) is 0 Å². The lowest BCUT2D eigenvalue weighted by atomic mass is 10.5. The van der Waals surface area contributed by atoms with Crippen LogP contribution in [0.15, 0.2) is 11.8 Å². The minimum absolute atomic E-state index is 0.669. The van der Waals surface area contributed by atoms with Gasteiger partial charge < -0.3 is 4.74 Å². The monoisotopic (exact) mass is 179 g/mol.